The van der Waals surface area contributed by atoms with Gasteiger partial charge >= 0.3 is 0 Å². The fourth-order valence-corrected chi connectivity index (χ4v) is 5.95. The number of phenols is 2. The Labute approximate surface area is 285 Å². The Bertz CT molecular complexity index is 1600. The Hall–Kier alpha value is -4.78. The van der Waals surface area contributed by atoms with Gasteiger partial charge in [0.1, 0.15) is 34.7 Å². The van der Waals surface area contributed by atoms with E-state index in [9.17, 15) is 10.2 Å². The van der Waals surface area contributed by atoms with Crippen LogP contribution in [0.4, 0.5) is 0 Å². The minimum atomic E-state index is -1.53. The summed E-state index contributed by atoms with van der Waals surface area (Å²) in [5.41, 5.74) is 0.986. The van der Waals surface area contributed by atoms with E-state index >= 15 is 0 Å². The average molecular weight is 648 g/mol. The topological polar surface area (TPSA) is 95.7 Å². The summed E-state index contributed by atoms with van der Waals surface area (Å²) in [5.74, 6) is 2.20. The SMILES string of the molecule is CCCCCCCCOc1ccc(C2(c3ccc(OCCCCCC)cc3O)N=C(c3ccccc3)NC(c3ccccc3)=N2)c(O)c1. The number of hydrogen-bond donors (Lipinski definition) is 3. The first-order valence-corrected chi connectivity index (χ1v) is 17.5. The third kappa shape index (κ3) is 8.77. The molecule has 0 unspecified atom stereocenters. The Morgan fingerprint density at radius 1 is 0.542 bits per heavy atom. The van der Waals surface area contributed by atoms with E-state index in [0.717, 1.165) is 43.2 Å². The van der Waals surface area contributed by atoms with Crippen LogP contribution < -0.4 is 14.8 Å². The molecule has 5 rings (SSSR count). The number of aromatic hydroxyl groups is 2. The van der Waals surface area contributed by atoms with Gasteiger partial charge in [0, 0.05) is 34.4 Å². The molecule has 0 amide bonds. The number of phenolic OH excluding ortho intramolecular Hbond substituents is 2. The second kappa shape index (κ2) is 17.4. The van der Waals surface area contributed by atoms with Crippen molar-refractivity contribution in [3.8, 4) is 23.0 Å². The maximum atomic E-state index is 11.7. The summed E-state index contributed by atoms with van der Waals surface area (Å²) < 4.78 is 12.0. The quantitative estimate of drug-likeness (QED) is 0.0935. The minimum absolute atomic E-state index is 0.0275. The number of benzene rings is 4. The fourth-order valence-electron chi connectivity index (χ4n) is 5.95. The number of nitrogens with one attached hydrogen (secondary N) is 1. The standard InChI is InChI=1S/C41H49N3O4/c1-3-5-7-9-10-18-28-48-34-24-26-36(38(46)30-34)41(35-25-23-33(29-37(35)45)47-27-17-8-6-4-2)43-39(31-19-13-11-14-20-31)42-40(44-41)32-21-15-12-16-22-32/h11-16,19-26,29-30,45-46H,3-10,17-18,27-28H2,1-2H3,(H,42,43,44). The monoisotopic (exact) mass is 647 g/mol. The molecule has 1 heterocycles. The van der Waals surface area contributed by atoms with E-state index in [1.165, 1.54) is 32.1 Å². The number of unbranched alkanes of at least 4 members (excludes halogenated alkanes) is 8. The van der Waals surface area contributed by atoms with Crippen LogP contribution in [0.15, 0.2) is 107 Å². The van der Waals surface area contributed by atoms with Crippen molar-refractivity contribution in [2.45, 2.75) is 83.7 Å². The lowest BCUT2D eigenvalue weighted by Gasteiger charge is -2.34. The Kier molecular flexibility index (Phi) is 12.5. The van der Waals surface area contributed by atoms with Crippen LogP contribution in [0.2, 0.25) is 0 Å². The highest BCUT2D eigenvalue weighted by Crippen LogP contribution is 2.47. The van der Waals surface area contributed by atoms with Crippen molar-refractivity contribution in [2.75, 3.05) is 13.2 Å². The zero-order chi connectivity index (χ0) is 33.6. The molecule has 1 aliphatic heterocycles. The third-order valence-electron chi connectivity index (χ3n) is 8.60. The predicted molar refractivity (Wildman–Crippen MR) is 195 cm³/mol. The van der Waals surface area contributed by atoms with Crippen molar-refractivity contribution in [3.63, 3.8) is 0 Å². The van der Waals surface area contributed by atoms with Crippen LogP contribution in [0, 0.1) is 0 Å². The molecular weight excluding hydrogens is 598 g/mol. The van der Waals surface area contributed by atoms with Crippen LogP contribution in [-0.4, -0.2) is 35.1 Å². The second-order valence-electron chi connectivity index (χ2n) is 12.3. The van der Waals surface area contributed by atoms with E-state index in [-0.39, 0.29) is 11.5 Å². The van der Waals surface area contributed by atoms with E-state index in [2.05, 4.69) is 19.2 Å². The Balaban J connectivity index is 1.55. The predicted octanol–water partition coefficient (Wildman–Crippen LogP) is 9.49. The number of amidine groups is 2. The number of rotatable bonds is 18. The molecule has 0 radical (unpaired) electrons. The molecule has 252 valence electrons. The summed E-state index contributed by atoms with van der Waals surface area (Å²) in [4.78, 5) is 10.4. The van der Waals surface area contributed by atoms with Gasteiger partial charge in [-0.1, -0.05) is 126 Å². The van der Waals surface area contributed by atoms with Crippen molar-refractivity contribution in [2.24, 2.45) is 9.98 Å². The molecule has 48 heavy (non-hydrogen) atoms. The lowest BCUT2D eigenvalue weighted by atomic mass is 9.89. The van der Waals surface area contributed by atoms with E-state index < -0.39 is 5.66 Å². The molecule has 0 atom stereocenters. The molecule has 3 N–H and O–H groups in total. The zero-order valence-corrected chi connectivity index (χ0v) is 28.3. The molecule has 0 aromatic heterocycles. The van der Waals surface area contributed by atoms with Crippen LogP contribution in [0.1, 0.15) is 100 Å². The van der Waals surface area contributed by atoms with E-state index in [1.54, 1.807) is 24.3 Å². The number of ether oxygens (including phenoxy) is 2. The van der Waals surface area contributed by atoms with Crippen molar-refractivity contribution in [1.82, 2.24) is 5.32 Å². The molecule has 0 spiro atoms. The first kappa shape index (κ1) is 34.6. The zero-order valence-electron chi connectivity index (χ0n) is 28.3. The average Bonchev–Trinajstić information content (AvgIpc) is 3.12. The van der Waals surface area contributed by atoms with Gasteiger partial charge in [0.15, 0.2) is 0 Å². The van der Waals surface area contributed by atoms with Gasteiger partial charge in [0.25, 0.3) is 0 Å². The summed E-state index contributed by atoms with van der Waals surface area (Å²) >= 11 is 0. The summed E-state index contributed by atoms with van der Waals surface area (Å²) in [6.07, 6.45) is 11.4. The number of nitrogens with zero attached hydrogens (tertiary/aromatic N) is 2. The van der Waals surface area contributed by atoms with Crippen LogP contribution in [0.3, 0.4) is 0 Å². The molecule has 4 aromatic carbocycles. The van der Waals surface area contributed by atoms with Gasteiger partial charge in [0.05, 0.1) is 13.2 Å². The molecule has 1 aliphatic rings. The van der Waals surface area contributed by atoms with Crippen LogP contribution in [-0.2, 0) is 5.66 Å². The fraction of sp³-hybridized carbons (Fsp3) is 0.366. The van der Waals surface area contributed by atoms with Gasteiger partial charge in [-0.3, -0.25) is 0 Å². The van der Waals surface area contributed by atoms with Crippen LogP contribution >= 0.6 is 0 Å². The highest BCUT2D eigenvalue weighted by molar-refractivity contribution is 6.16. The molecule has 4 aromatic rings. The lowest BCUT2D eigenvalue weighted by molar-refractivity contribution is 0.302. The van der Waals surface area contributed by atoms with Crippen LogP contribution in [0.5, 0.6) is 23.0 Å². The maximum Gasteiger partial charge on any atom is 0.213 e. The normalized spacial score (nSPS) is 13.7. The van der Waals surface area contributed by atoms with Gasteiger partial charge < -0.3 is 25.0 Å². The first-order valence-electron chi connectivity index (χ1n) is 17.5. The lowest BCUT2D eigenvalue weighted by Crippen LogP contribution is -2.42. The van der Waals surface area contributed by atoms with Gasteiger partial charge in [0.2, 0.25) is 5.66 Å². The van der Waals surface area contributed by atoms with Crippen molar-refractivity contribution in [3.05, 3.63) is 119 Å². The third-order valence-corrected chi connectivity index (χ3v) is 8.60. The van der Waals surface area contributed by atoms with E-state index in [1.807, 2.05) is 72.8 Å². The van der Waals surface area contributed by atoms with Crippen molar-refractivity contribution in [1.29, 1.82) is 0 Å². The molecule has 0 saturated carbocycles. The van der Waals surface area contributed by atoms with Gasteiger partial charge in [-0.05, 0) is 37.1 Å². The number of aliphatic imine (C=N–C) groups is 2. The highest BCUT2D eigenvalue weighted by atomic mass is 16.5. The molecular formula is C41H49N3O4. The molecule has 0 saturated heterocycles. The number of hydrogen-bond acceptors (Lipinski definition) is 7. The second-order valence-corrected chi connectivity index (χ2v) is 12.3. The van der Waals surface area contributed by atoms with Gasteiger partial charge in [-0.2, -0.15) is 0 Å². The van der Waals surface area contributed by atoms with Crippen molar-refractivity contribution < 1.29 is 19.7 Å². The largest absolute Gasteiger partial charge is 0.507 e. The van der Waals surface area contributed by atoms with Gasteiger partial charge in [-0.25, -0.2) is 9.98 Å². The first-order chi connectivity index (χ1) is 23.5. The summed E-state index contributed by atoms with van der Waals surface area (Å²) in [6, 6.07) is 30.1. The molecule has 7 heteroatoms. The van der Waals surface area contributed by atoms with E-state index in [4.69, 9.17) is 19.5 Å². The smallest absolute Gasteiger partial charge is 0.213 e. The van der Waals surface area contributed by atoms with E-state index in [0.29, 0.717) is 47.5 Å². The van der Waals surface area contributed by atoms with Crippen LogP contribution in [0.25, 0.3) is 0 Å². The summed E-state index contributed by atoms with van der Waals surface area (Å²) in [6.45, 7) is 5.55. The Morgan fingerprint density at radius 2 is 0.958 bits per heavy atom. The highest BCUT2D eigenvalue weighted by Gasteiger charge is 2.42. The maximum absolute atomic E-state index is 11.7. The van der Waals surface area contributed by atoms with Gasteiger partial charge in [-0.15, -0.1) is 0 Å². The van der Waals surface area contributed by atoms with Crippen molar-refractivity contribution >= 4 is 11.7 Å². The summed E-state index contributed by atoms with van der Waals surface area (Å²) in [5, 5.41) is 26.7. The minimum Gasteiger partial charge on any atom is -0.507 e. The molecule has 0 aliphatic carbocycles. The Morgan fingerprint density at radius 3 is 1.40 bits per heavy atom. The summed E-state index contributed by atoms with van der Waals surface area (Å²) in [7, 11) is 0. The molecule has 7 nitrogen and oxygen atoms in total. The molecule has 0 fully saturated rings. The molecule has 0 bridgehead atoms.